The molecular formula is C8H10FNO3. The van der Waals surface area contributed by atoms with Crippen molar-refractivity contribution in [2.24, 2.45) is 0 Å². The summed E-state index contributed by atoms with van der Waals surface area (Å²) >= 11 is 0. The van der Waals surface area contributed by atoms with Gasteiger partial charge in [0.2, 0.25) is 0 Å². The van der Waals surface area contributed by atoms with Gasteiger partial charge in [-0.15, -0.1) is 0 Å². The van der Waals surface area contributed by atoms with Gasteiger partial charge in [0.1, 0.15) is 5.83 Å². The van der Waals surface area contributed by atoms with E-state index in [-0.39, 0.29) is 5.76 Å². The molecule has 0 aromatic carbocycles. The molecule has 0 aromatic heterocycles. The van der Waals surface area contributed by atoms with Crippen molar-refractivity contribution in [3.8, 4) is 0 Å². The van der Waals surface area contributed by atoms with E-state index in [0.717, 1.165) is 0 Å². The highest BCUT2D eigenvalue weighted by Crippen LogP contribution is 2.13. The topological polar surface area (TPSA) is 52.4 Å². The van der Waals surface area contributed by atoms with Gasteiger partial charge in [0.15, 0.2) is 5.76 Å². The number of rotatable bonds is 4. The van der Waals surface area contributed by atoms with Crippen LogP contribution in [0.25, 0.3) is 0 Å². The van der Waals surface area contributed by atoms with E-state index in [4.69, 9.17) is 0 Å². The second-order valence-corrected chi connectivity index (χ2v) is 2.09. The number of hydrogen-bond acceptors (Lipinski definition) is 3. The van der Waals surface area contributed by atoms with Gasteiger partial charge in [-0.2, -0.15) is 0 Å². The third-order valence-electron chi connectivity index (χ3n) is 1.22. The minimum atomic E-state index is -0.886. The minimum absolute atomic E-state index is 0.00352. The molecule has 4 nitrogen and oxygen atoms in total. The van der Waals surface area contributed by atoms with E-state index in [1.54, 1.807) is 6.92 Å². The quantitative estimate of drug-likeness (QED) is 0.293. The van der Waals surface area contributed by atoms with E-state index in [2.05, 4.69) is 11.3 Å². The molecule has 0 heterocycles. The maximum absolute atomic E-state index is 12.3. The van der Waals surface area contributed by atoms with Crippen molar-refractivity contribution in [2.45, 2.75) is 6.92 Å². The number of methoxy groups -OCH3 is 1. The first-order chi connectivity index (χ1) is 6.02. The Balaban J connectivity index is 5.03. The Bertz CT molecular complexity index is 281. The molecule has 0 aliphatic heterocycles. The van der Waals surface area contributed by atoms with Crippen LogP contribution in [0.5, 0.6) is 0 Å². The molecule has 0 aromatic rings. The molecule has 72 valence electrons. The fourth-order valence-electron chi connectivity index (χ4n) is 0.732. The lowest BCUT2D eigenvalue weighted by molar-refractivity contribution is -0.424. The average Bonchev–Trinajstić information content (AvgIpc) is 2.04. The lowest BCUT2D eigenvalue weighted by atomic mass is 10.3. The lowest BCUT2D eigenvalue weighted by Gasteiger charge is -2.01. The zero-order valence-corrected chi connectivity index (χ0v) is 7.41. The highest BCUT2D eigenvalue weighted by molar-refractivity contribution is 5.24. The van der Waals surface area contributed by atoms with Crippen LogP contribution in [-0.4, -0.2) is 12.0 Å². The van der Waals surface area contributed by atoms with Gasteiger partial charge in [0.25, 0.3) is 0 Å². The SMILES string of the molecule is C=C(F)/C=C(\C(=C/C)OC)[N+](=O)[O-]. The van der Waals surface area contributed by atoms with Gasteiger partial charge < -0.3 is 4.74 Å². The Morgan fingerprint density at radius 3 is 2.46 bits per heavy atom. The molecular weight excluding hydrogens is 177 g/mol. The van der Waals surface area contributed by atoms with Crippen LogP contribution >= 0.6 is 0 Å². The van der Waals surface area contributed by atoms with Crippen molar-refractivity contribution in [1.82, 2.24) is 0 Å². The van der Waals surface area contributed by atoms with Crippen LogP contribution in [0.3, 0.4) is 0 Å². The average molecular weight is 187 g/mol. The van der Waals surface area contributed by atoms with Crippen LogP contribution in [0.4, 0.5) is 4.39 Å². The molecule has 0 atom stereocenters. The Morgan fingerprint density at radius 2 is 2.23 bits per heavy atom. The summed E-state index contributed by atoms with van der Waals surface area (Å²) in [6.45, 7) is 4.45. The summed E-state index contributed by atoms with van der Waals surface area (Å²) in [4.78, 5) is 9.67. The predicted molar refractivity (Wildman–Crippen MR) is 46.1 cm³/mol. The molecule has 0 aliphatic rings. The van der Waals surface area contributed by atoms with Crippen molar-refractivity contribution < 1.29 is 14.1 Å². The Morgan fingerprint density at radius 1 is 1.69 bits per heavy atom. The third-order valence-corrected chi connectivity index (χ3v) is 1.22. The van der Waals surface area contributed by atoms with Crippen LogP contribution in [0.1, 0.15) is 6.92 Å². The maximum Gasteiger partial charge on any atom is 0.313 e. The third kappa shape index (κ3) is 3.50. The molecule has 0 saturated carbocycles. The van der Waals surface area contributed by atoms with Crippen molar-refractivity contribution in [1.29, 1.82) is 0 Å². The van der Waals surface area contributed by atoms with Gasteiger partial charge in [-0.05, 0) is 13.0 Å². The fraction of sp³-hybridized carbons (Fsp3) is 0.250. The van der Waals surface area contributed by atoms with Crippen LogP contribution in [0.15, 0.2) is 36.0 Å². The monoisotopic (exact) mass is 187 g/mol. The summed E-state index contributed by atoms with van der Waals surface area (Å²) in [5.41, 5.74) is -0.447. The van der Waals surface area contributed by atoms with Gasteiger partial charge in [-0.3, -0.25) is 10.1 Å². The van der Waals surface area contributed by atoms with Gasteiger partial charge in [-0.25, -0.2) is 4.39 Å². The number of allylic oxidation sites excluding steroid dienone is 3. The normalized spacial score (nSPS) is 12.5. The van der Waals surface area contributed by atoms with Gasteiger partial charge in [0, 0.05) is 0 Å². The Labute approximate surface area is 75.2 Å². The first kappa shape index (κ1) is 11.4. The number of ether oxygens (including phenoxy) is 1. The van der Waals surface area contributed by atoms with E-state index in [0.29, 0.717) is 6.08 Å². The Hall–Kier alpha value is -1.65. The fourth-order valence-corrected chi connectivity index (χ4v) is 0.732. The number of nitro groups is 1. The summed E-state index contributed by atoms with van der Waals surface area (Å²) in [7, 11) is 1.27. The van der Waals surface area contributed by atoms with Crippen molar-refractivity contribution in [3.63, 3.8) is 0 Å². The van der Waals surface area contributed by atoms with Crippen molar-refractivity contribution >= 4 is 0 Å². The predicted octanol–water partition coefficient (Wildman–Crippen LogP) is 2.18. The zero-order chi connectivity index (χ0) is 10.4. The molecule has 0 radical (unpaired) electrons. The molecule has 0 rings (SSSR count). The van der Waals surface area contributed by atoms with E-state index in [9.17, 15) is 14.5 Å². The molecule has 0 bridgehead atoms. The molecule has 0 fully saturated rings. The summed E-state index contributed by atoms with van der Waals surface area (Å²) in [6.07, 6.45) is 2.08. The standard InChI is InChI=1S/C8H10FNO3/c1-4-8(13-3)7(10(11)12)5-6(2)9/h4-5H,2H2,1,3H3/b7-5+,8-4+. The molecule has 5 heteroatoms. The summed E-state index contributed by atoms with van der Waals surface area (Å²) in [5.74, 6) is -0.882. The summed E-state index contributed by atoms with van der Waals surface area (Å²) in [5, 5.41) is 10.4. The van der Waals surface area contributed by atoms with Crippen LogP contribution < -0.4 is 0 Å². The highest BCUT2D eigenvalue weighted by Gasteiger charge is 2.17. The molecule has 0 saturated heterocycles. The number of halogens is 1. The first-order valence-corrected chi connectivity index (χ1v) is 3.44. The van der Waals surface area contributed by atoms with Gasteiger partial charge in [-0.1, -0.05) is 6.58 Å². The number of hydrogen-bond donors (Lipinski definition) is 0. The smallest absolute Gasteiger partial charge is 0.313 e. The van der Waals surface area contributed by atoms with Gasteiger partial charge >= 0.3 is 5.70 Å². The second-order valence-electron chi connectivity index (χ2n) is 2.09. The van der Waals surface area contributed by atoms with E-state index in [1.165, 1.54) is 13.2 Å². The largest absolute Gasteiger partial charge is 0.490 e. The molecule has 13 heavy (non-hydrogen) atoms. The first-order valence-electron chi connectivity index (χ1n) is 3.44. The summed E-state index contributed by atoms with van der Waals surface area (Å²) in [6, 6.07) is 0. The van der Waals surface area contributed by atoms with Crippen molar-refractivity contribution in [2.75, 3.05) is 7.11 Å². The van der Waals surface area contributed by atoms with Crippen LogP contribution in [-0.2, 0) is 4.74 Å². The molecule has 0 aliphatic carbocycles. The zero-order valence-electron chi connectivity index (χ0n) is 7.41. The molecule has 0 amide bonds. The van der Waals surface area contributed by atoms with E-state index >= 15 is 0 Å². The minimum Gasteiger partial charge on any atom is -0.490 e. The second kappa shape index (κ2) is 5.08. The lowest BCUT2D eigenvalue weighted by Crippen LogP contribution is -2.03. The maximum atomic E-state index is 12.3. The van der Waals surface area contributed by atoms with Gasteiger partial charge in [0.05, 0.1) is 18.1 Å². The van der Waals surface area contributed by atoms with Crippen LogP contribution in [0.2, 0.25) is 0 Å². The summed E-state index contributed by atoms with van der Waals surface area (Å²) < 4.78 is 17.0. The highest BCUT2D eigenvalue weighted by atomic mass is 19.1. The number of nitrogens with zero attached hydrogens (tertiary/aromatic N) is 1. The molecule has 0 spiro atoms. The molecule has 0 N–H and O–H groups in total. The van der Waals surface area contributed by atoms with E-state index in [1.807, 2.05) is 0 Å². The molecule has 0 unspecified atom stereocenters. The Kier molecular flexibility index (Phi) is 4.43. The van der Waals surface area contributed by atoms with E-state index < -0.39 is 16.4 Å². The van der Waals surface area contributed by atoms with Crippen molar-refractivity contribution in [3.05, 3.63) is 46.1 Å². The van der Waals surface area contributed by atoms with Crippen LogP contribution in [0, 0.1) is 10.1 Å².